The van der Waals surface area contributed by atoms with Gasteiger partial charge in [-0.25, -0.2) is 8.42 Å². The van der Waals surface area contributed by atoms with Crippen molar-refractivity contribution in [2.75, 3.05) is 52.2 Å². The lowest BCUT2D eigenvalue weighted by molar-refractivity contribution is 0.222. The average Bonchev–Trinajstić information content (AvgIpc) is 2.60. The van der Waals surface area contributed by atoms with Crippen molar-refractivity contribution < 1.29 is 13.2 Å². The number of hydrogen-bond donors (Lipinski definition) is 2. The summed E-state index contributed by atoms with van der Waals surface area (Å²) in [6.45, 7) is 8.62. The Bertz CT molecular complexity index is 772. The third-order valence-electron chi connectivity index (χ3n) is 4.07. The fraction of sp³-hybridized carbons (Fsp3) is 0.471. The molecule has 1 aromatic carbocycles. The summed E-state index contributed by atoms with van der Waals surface area (Å²) in [5, 5.41) is 6.39. The molecule has 7 nitrogen and oxygen atoms in total. The summed E-state index contributed by atoms with van der Waals surface area (Å²) in [5.74, 6) is 0.516. The number of piperazine rings is 1. The number of thiocarbonyl (C=S) groups is 1. The maximum absolute atomic E-state index is 12.9. The highest BCUT2D eigenvalue weighted by Crippen LogP contribution is 2.29. The second-order valence-electron chi connectivity index (χ2n) is 6.33. The lowest BCUT2D eigenvalue weighted by Crippen LogP contribution is -2.47. The number of rotatable bonds is 6. The normalized spacial score (nSPS) is 16.1. The van der Waals surface area contributed by atoms with Gasteiger partial charge in [0.15, 0.2) is 5.11 Å². The Kier molecular flexibility index (Phi) is 6.99. The molecule has 0 amide bonds. The molecule has 0 aliphatic carbocycles. The van der Waals surface area contributed by atoms with Gasteiger partial charge in [-0.15, -0.1) is 0 Å². The number of sulfonamides is 1. The molecule has 26 heavy (non-hydrogen) atoms. The maximum Gasteiger partial charge on any atom is 0.243 e. The number of anilines is 1. The first-order valence-electron chi connectivity index (χ1n) is 8.30. The van der Waals surface area contributed by atoms with Crippen LogP contribution in [0.5, 0.6) is 5.75 Å². The van der Waals surface area contributed by atoms with Crippen LogP contribution >= 0.6 is 12.2 Å². The zero-order chi connectivity index (χ0) is 19.3. The van der Waals surface area contributed by atoms with Crippen LogP contribution in [0.1, 0.15) is 6.92 Å². The van der Waals surface area contributed by atoms with Crippen molar-refractivity contribution in [3.8, 4) is 5.75 Å². The summed E-state index contributed by atoms with van der Waals surface area (Å²) >= 11 is 5.25. The van der Waals surface area contributed by atoms with Crippen molar-refractivity contribution >= 4 is 33.0 Å². The highest BCUT2D eigenvalue weighted by Gasteiger charge is 2.28. The van der Waals surface area contributed by atoms with Crippen LogP contribution in [-0.2, 0) is 10.0 Å². The van der Waals surface area contributed by atoms with Gasteiger partial charge >= 0.3 is 0 Å². The van der Waals surface area contributed by atoms with Crippen molar-refractivity contribution in [3.63, 3.8) is 0 Å². The number of methoxy groups -OCH3 is 1. The summed E-state index contributed by atoms with van der Waals surface area (Å²) in [6.07, 6.45) is 0. The topological polar surface area (TPSA) is 73.9 Å². The van der Waals surface area contributed by atoms with Gasteiger partial charge in [0, 0.05) is 32.7 Å². The minimum atomic E-state index is -3.56. The van der Waals surface area contributed by atoms with E-state index in [0.717, 1.165) is 18.7 Å². The van der Waals surface area contributed by atoms with Gasteiger partial charge in [0.05, 0.1) is 17.7 Å². The lowest BCUT2D eigenvalue weighted by Gasteiger charge is -2.31. The van der Waals surface area contributed by atoms with E-state index in [2.05, 4.69) is 22.1 Å². The van der Waals surface area contributed by atoms with Gasteiger partial charge in [0.25, 0.3) is 0 Å². The smallest absolute Gasteiger partial charge is 0.243 e. The van der Waals surface area contributed by atoms with Gasteiger partial charge in [0.2, 0.25) is 10.0 Å². The van der Waals surface area contributed by atoms with E-state index in [1.54, 1.807) is 18.2 Å². The molecule has 1 aromatic rings. The summed E-state index contributed by atoms with van der Waals surface area (Å²) < 4.78 is 32.7. The molecule has 1 heterocycles. The second kappa shape index (κ2) is 8.81. The van der Waals surface area contributed by atoms with Crippen LogP contribution < -0.4 is 15.4 Å². The SMILES string of the molecule is C=C(C)CNC(=S)Nc1cc(S(=O)(=O)N2CCN(C)CC2)ccc1OC. The molecular formula is C17H26N4O3S2. The molecule has 0 spiro atoms. The van der Waals surface area contributed by atoms with E-state index < -0.39 is 10.0 Å². The monoisotopic (exact) mass is 398 g/mol. The molecule has 1 saturated heterocycles. The zero-order valence-corrected chi connectivity index (χ0v) is 17.0. The van der Waals surface area contributed by atoms with Crippen LogP contribution in [0.25, 0.3) is 0 Å². The van der Waals surface area contributed by atoms with Crippen molar-refractivity contribution in [2.24, 2.45) is 0 Å². The molecule has 1 fully saturated rings. The first-order chi connectivity index (χ1) is 12.2. The van der Waals surface area contributed by atoms with Gasteiger partial charge in [-0.05, 0) is 44.4 Å². The third-order valence-corrected chi connectivity index (χ3v) is 6.21. The highest BCUT2D eigenvalue weighted by molar-refractivity contribution is 7.89. The fourth-order valence-corrected chi connectivity index (χ4v) is 4.15. The van der Waals surface area contributed by atoms with Gasteiger partial charge in [-0.1, -0.05) is 12.2 Å². The summed E-state index contributed by atoms with van der Waals surface area (Å²) in [6, 6.07) is 4.75. The predicted octanol–water partition coefficient (Wildman–Crippen LogP) is 1.49. The first kappa shape index (κ1) is 20.6. The Labute approximate surface area is 161 Å². The van der Waals surface area contributed by atoms with Gasteiger partial charge in [-0.2, -0.15) is 4.31 Å². The minimum absolute atomic E-state index is 0.216. The molecule has 0 atom stereocenters. The van der Waals surface area contributed by atoms with Gasteiger partial charge in [-0.3, -0.25) is 0 Å². The predicted molar refractivity (Wildman–Crippen MR) is 108 cm³/mol. The number of nitrogens with one attached hydrogen (secondary N) is 2. The van der Waals surface area contributed by atoms with Crippen molar-refractivity contribution in [3.05, 3.63) is 30.4 Å². The molecular weight excluding hydrogens is 372 g/mol. The molecule has 0 radical (unpaired) electrons. The van der Waals surface area contributed by atoms with Crippen LogP contribution in [-0.4, -0.2) is 69.6 Å². The molecule has 0 saturated carbocycles. The maximum atomic E-state index is 12.9. The van der Waals surface area contributed by atoms with Crippen LogP contribution in [0.3, 0.4) is 0 Å². The standard InChI is InChI=1S/C17H26N4O3S2/c1-13(2)12-18-17(25)19-15-11-14(5-6-16(15)24-4)26(22,23)21-9-7-20(3)8-10-21/h5-6,11H,1,7-10,12H2,2-4H3,(H2,18,19,25). The van der Waals surface area contributed by atoms with Gasteiger partial charge in [0.1, 0.15) is 5.75 Å². The number of benzene rings is 1. The first-order valence-corrected chi connectivity index (χ1v) is 10.1. The van der Waals surface area contributed by atoms with Crippen molar-refractivity contribution in [2.45, 2.75) is 11.8 Å². The Balaban J connectivity index is 2.22. The Morgan fingerprint density at radius 1 is 1.31 bits per heavy atom. The van der Waals surface area contributed by atoms with Gasteiger partial charge < -0.3 is 20.3 Å². The number of nitrogens with zero attached hydrogens (tertiary/aromatic N) is 2. The fourth-order valence-electron chi connectivity index (χ4n) is 2.52. The molecule has 0 aromatic heterocycles. The molecule has 2 N–H and O–H groups in total. The lowest BCUT2D eigenvalue weighted by atomic mass is 10.3. The Morgan fingerprint density at radius 3 is 2.54 bits per heavy atom. The average molecular weight is 399 g/mol. The minimum Gasteiger partial charge on any atom is -0.495 e. The zero-order valence-electron chi connectivity index (χ0n) is 15.4. The molecule has 2 rings (SSSR count). The van der Waals surface area contributed by atoms with E-state index in [0.29, 0.717) is 36.2 Å². The van der Waals surface area contributed by atoms with Crippen LogP contribution in [0.2, 0.25) is 0 Å². The van der Waals surface area contributed by atoms with E-state index in [1.165, 1.54) is 11.4 Å². The third kappa shape index (κ3) is 5.16. The Hall–Kier alpha value is -1.68. The second-order valence-corrected chi connectivity index (χ2v) is 8.68. The molecule has 9 heteroatoms. The van der Waals surface area contributed by atoms with Crippen LogP contribution in [0.4, 0.5) is 5.69 Å². The van der Waals surface area contributed by atoms with E-state index in [1.807, 2.05) is 14.0 Å². The molecule has 0 unspecified atom stereocenters. The van der Waals surface area contributed by atoms with Crippen molar-refractivity contribution in [1.29, 1.82) is 0 Å². The van der Waals surface area contributed by atoms with E-state index >= 15 is 0 Å². The van der Waals surface area contributed by atoms with Crippen LogP contribution in [0.15, 0.2) is 35.2 Å². The van der Waals surface area contributed by atoms with Crippen LogP contribution in [0, 0.1) is 0 Å². The summed E-state index contributed by atoms with van der Waals surface area (Å²) in [7, 11) is -0.0494. The van der Waals surface area contributed by atoms with E-state index in [4.69, 9.17) is 17.0 Å². The highest BCUT2D eigenvalue weighted by atomic mass is 32.2. The largest absolute Gasteiger partial charge is 0.495 e. The molecule has 144 valence electrons. The number of ether oxygens (including phenoxy) is 1. The quantitative estimate of drug-likeness (QED) is 0.556. The Morgan fingerprint density at radius 2 is 1.96 bits per heavy atom. The van der Waals surface area contributed by atoms with E-state index in [-0.39, 0.29) is 4.90 Å². The summed E-state index contributed by atoms with van der Waals surface area (Å²) in [4.78, 5) is 2.33. The summed E-state index contributed by atoms with van der Waals surface area (Å²) in [5.41, 5.74) is 1.44. The number of hydrogen-bond acceptors (Lipinski definition) is 5. The molecule has 0 bridgehead atoms. The number of likely N-dealkylation sites (N-methyl/N-ethyl adjacent to an activating group) is 1. The molecule has 1 aliphatic rings. The molecule has 1 aliphatic heterocycles. The van der Waals surface area contributed by atoms with E-state index in [9.17, 15) is 8.42 Å². The van der Waals surface area contributed by atoms with Crippen molar-refractivity contribution in [1.82, 2.24) is 14.5 Å².